The molecule has 2 atom stereocenters. The van der Waals surface area contributed by atoms with Crippen molar-refractivity contribution in [3.05, 3.63) is 71.8 Å². The first-order valence-corrected chi connectivity index (χ1v) is 9.65. The van der Waals surface area contributed by atoms with Gasteiger partial charge in [-0.2, -0.15) is 0 Å². The van der Waals surface area contributed by atoms with E-state index in [0.717, 1.165) is 11.1 Å². The lowest BCUT2D eigenvalue weighted by atomic mass is 10.0. The SMILES string of the molecule is NC(=O)[C@@H](Cc1ccccc1)NC(=O)[C@@H]1CCCN1C(=O)OCc1ccccc1. The van der Waals surface area contributed by atoms with Crippen LogP contribution in [0.4, 0.5) is 4.79 Å². The molecule has 0 saturated carbocycles. The fraction of sp³-hybridized carbons (Fsp3) is 0.318. The lowest BCUT2D eigenvalue weighted by Gasteiger charge is -2.25. The van der Waals surface area contributed by atoms with Crippen LogP contribution in [0.2, 0.25) is 0 Å². The lowest BCUT2D eigenvalue weighted by molar-refractivity contribution is -0.130. The van der Waals surface area contributed by atoms with Gasteiger partial charge in [-0.15, -0.1) is 0 Å². The van der Waals surface area contributed by atoms with Crippen LogP contribution in [0.5, 0.6) is 0 Å². The Kier molecular flexibility index (Phi) is 6.84. The number of hydrogen-bond acceptors (Lipinski definition) is 4. The molecule has 7 nitrogen and oxygen atoms in total. The van der Waals surface area contributed by atoms with E-state index in [1.807, 2.05) is 60.7 Å². The second kappa shape index (κ2) is 9.73. The van der Waals surface area contributed by atoms with Gasteiger partial charge in [-0.05, 0) is 24.0 Å². The van der Waals surface area contributed by atoms with Crippen molar-refractivity contribution in [1.82, 2.24) is 10.2 Å². The smallest absolute Gasteiger partial charge is 0.410 e. The van der Waals surface area contributed by atoms with Crippen LogP contribution >= 0.6 is 0 Å². The van der Waals surface area contributed by atoms with Gasteiger partial charge in [0.25, 0.3) is 0 Å². The van der Waals surface area contributed by atoms with Crippen LogP contribution in [0.15, 0.2) is 60.7 Å². The summed E-state index contributed by atoms with van der Waals surface area (Å²) >= 11 is 0. The molecule has 1 aliphatic heterocycles. The number of nitrogens with one attached hydrogen (secondary N) is 1. The molecule has 3 rings (SSSR count). The number of benzene rings is 2. The highest BCUT2D eigenvalue weighted by Crippen LogP contribution is 2.19. The molecule has 1 aliphatic rings. The van der Waals surface area contributed by atoms with Crippen molar-refractivity contribution in [3.8, 4) is 0 Å². The Morgan fingerprint density at radius 3 is 2.28 bits per heavy atom. The molecule has 0 unspecified atom stereocenters. The number of likely N-dealkylation sites (tertiary alicyclic amines) is 1. The molecule has 0 aliphatic carbocycles. The van der Waals surface area contributed by atoms with Crippen LogP contribution in [0.25, 0.3) is 0 Å². The van der Waals surface area contributed by atoms with E-state index in [9.17, 15) is 14.4 Å². The molecule has 3 N–H and O–H groups in total. The Morgan fingerprint density at radius 2 is 1.66 bits per heavy atom. The fourth-order valence-electron chi connectivity index (χ4n) is 3.40. The number of nitrogens with two attached hydrogens (primary N) is 1. The molecule has 2 aromatic carbocycles. The standard InChI is InChI=1S/C22H25N3O4/c23-20(26)18(14-16-8-3-1-4-9-16)24-21(27)19-12-7-13-25(19)22(28)29-15-17-10-5-2-6-11-17/h1-6,8-11,18-19H,7,12-15H2,(H2,23,26)(H,24,27)/t18-,19+/m1/s1. The average molecular weight is 395 g/mol. The first-order chi connectivity index (χ1) is 14.0. The highest BCUT2D eigenvalue weighted by molar-refractivity contribution is 5.91. The van der Waals surface area contributed by atoms with E-state index >= 15 is 0 Å². The van der Waals surface area contributed by atoms with Crippen molar-refractivity contribution in [2.24, 2.45) is 5.73 Å². The molecule has 0 bridgehead atoms. The van der Waals surface area contributed by atoms with Gasteiger partial charge in [-0.25, -0.2) is 4.79 Å². The maximum Gasteiger partial charge on any atom is 0.410 e. The van der Waals surface area contributed by atoms with Crippen molar-refractivity contribution in [2.75, 3.05) is 6.54 Å². The molecular weight excluding hydrogens is 370 g/mol. The van der Waals surface area contributed by atoms with E-state index in [4.69, 9.17) is 10.5 Å². The highest BCUT2D eigenvalue weighted by Gasteiger charge is 2.36. The summed E-state index contributed by atoms with van der Waals surface area (Å²) in [5.74, 6) is -1.00. The summed E-state index contributed by atoms with van der Waals surface area (Å²) in [6, 6.07) is 17.2. The molecule has 0 spiro atoms. The Hall–Kier alpha value is -3.35. The fourth-order valence-corrected chi connectivity index (χ4v) is 3.40. The summed E-state index contributed by atoms with van der Waals surface area (Å²) in [5.41, 5.74) is 7.24. The molecule has 7 heteroatoms. The van der Waals surface area contributed by atoms with Crippen molar-refractivity contribution in [2.45, 2.75) is 38.0 Å². The van der Waals surface area contributed by atoms with E-state index in [0.29, 0.717) is 25.8 Å². The zero-order valence-corrected chi connectivity index (χ0v) is 16.1. The monoisotopic (exact) mass is 395 g/mol. The lowest BCUT2D eigenvalue weighted by Crippen LogP contribution is -2.53. The Morgan fingerprint density at radius 1 is 1.03 bits per heavy atom. The predicted octanol–water partition coefficient (Wildman–Crippen LogP) is 2.00. The minimum absolute atomic E-state index is 0.141. The van der Waals surface area contributed by atoms with Gasteiger partial charge in [0, 0.05) is 13.0 Å². The van der Waals surface area contributed by atoms with Crippen LogP contribution < -0.4 is 11.1 Å². The summed E-state index contributed by atoms with van der Waals surface area (Å²) in [6.45, 7) is 0.577. The largest absolute Gasteiger partial charge is 0.445 e. The topological polar surface area (TPSA) is 102 Å². The number of amides is 3. The van der Waals surface area contributed by atoms with Crippen LogP contribution in [0, 0.1) is 0 Å². The summed E-state index contributed by atoms with van der Waals surface area (Å²) in [6.07, 6.45) is 0.972. The van der Waals surface area contributed by atoms with Crippen LogP contribution in [0.1, 0.15) is 24.0 Å². The van der Waals surface area contributed by atoms with E-state index in [1.54, 1.807) is 0 Å². The number of carbonyl (C=O) groups is 3. The predicted molar refractivity (Wildman–Crippen MR) is 108 cm³/mol. The molecule has 3 amide bonds. The molecule has 1 heterocycles. The van der Waals surface area contributed by atoms with Gasteiger partial charge >= 0.3 is 6.09 Å². The van der Waals surface area contributed by atoms with Crippen LogP contribution in [0.3, 0.4) is 0 Å². The van der Waals surface area contributed by atoms with Gasteiger partial charge < -0.3 is 15.8 Å². The van der Waals surface area contributed by atoms with E-state index in [-0.39, 0.29) is 12.5 Å². The molecule has 152 valence electrons. The minimum atomic E-state index is -0.840. The zero-order valence-electron chi connectivity index (χ0n) is 16.1. The van der Waals surface area contributed by atoms with E-state index in [1.165, 1.54) is 4.90 Å². The van der Waals surface area contributed by atoms with Gasteiger partial charge in [0.1, 0.15) is 18.7 Å². The molecule has 2 aromatic rings. The second-order valence-electron chi connectivity index (χ2n) is 7.04. The normalized spacial score (nSPS) is 16.8. The van der Waals surface area contributed by atoms with Gasteiger partial charge in [-0.3, -0.25) is 14.5 Å². The first-order valence-electron chi connectivity index (χ1n) is 9.65. The van der Waals surface area contributed by atoms with Crippen molar-refractivity contribution in [1.29, 1.82) is 0 Å². The van der Waals surface area contributed by atoms with E-state index < -0.39 is 24.1 Å². The zero-order chi connectivity index (χ0) is 20.6. The Bertz CT molecular complexity index is 842. The number of carbonyl (C=O) groups excluding carboxylic acids is 3. The number of nitrogens with zero attached hydrogens (tertiary/aromatic N) is 1. The minimum Gasteiger partial charge on any atom is -0.445 e. The molecule has 0 aromatic heterocycles. The molecule has 1 saturated heterocycles. The second-order valence-corrected chi connectivity index (χ2v) is 7.04. The summed E-state index contributed by atoms with van der Waals surface area (Å²) in [5, 5.41) is 2.70. The van der Waals surface area contributed by atoms with Crippen molar-refractivity contribution < 1.29 is 19.1 Å². The van der Waals surface area contributed by atoms with Gasteiger partial charge in [0.05, 0.1) is 0 Å². The maximum absolute atomic E-state index is 12.8. The third-order valence-corrected chi connectivity index (χ3v) is 4.94. The Labute approximate surface area is 169 Å². The number of ether oxygens (including phenoxy) is 1. The summed E-state index contributed by atoms with van der Waals surface area (Å²) in [7, 11) is 0. The van der Waals surface area contributed by atoms with Crippen LogP contribution in [-0.2, 0) is 27.4 Å². The quantitative estimate of drug-likeness (QED) is 0.749. The summed E-state index contributed by atoms with van der Waals surface area (Å²) < 4.78 is 5.36. The van der Waals surface area contributed by atoms with Gasteiger partial charge in [0.15, 0.2) is 0 Å². The summed E-state index contributed by atoms with van der Waals surface area (Å²) in [4.78, 5) is 38.5. The maximum atomic E-state index is 12.8. The Balaban J connectivity index is 1.59. The number of rotatable bonds is 7. The average Bonchev–Trinajstić information content (AvgIpc) is 3.23. The van der Waals surface area contributed by atoms with Gasteiger partial charge in [0.2, 0.25) is 11.8 Å². The third kappa shape index (κ3) is 5.57. The third-order valence-electron chi connectivity index (χ3n) is 4.94. The first kappa shape index (κ1) is 20.4. The molecule has 0 radical (unpaired) electrons. The molecular formula is C22H25N3O4. The molecule has 29 heavy (non-hydrogen) atoms. The molecule has 1 fully saturated rings. The van der Waals surface area contributed by atoms with Crippen molar-refractivity contribution in [3.63, 3.8) is 0 Å². The number of primary amides is 1. The van der Waals surface area contributed by atoms with E-state index in [2.05, 4.69) is 5.32 Å². The highest BCUT2D eigenvalue weighted by atomic mass is 16.6. The van der Waals surface area contributed by atoms with Gasteiger partial charge in [-0.1, -0.05) is 60.7 Å². The number of hydrogen-bond donors (Lipinski definition) is 2. The van der Waals surface area contributed by atoms with Crippen LogP contribution in [-0.4, -0.2) is 41.4 Å². The van der Waals surface area contributed by atoms with Crippen molar-refractivity contribution >= 4 is 17.9 Å².